The first-order valence-electron chi connectivity index (χ1n) is 9.76. The molecule has 0 radical (unpaired) electrons. The highest BCUT2D eigenvalue weighted by molar-refractivity contribution is 5.98. The molecule has 1 aromatic carbocycles. The fourth-order valence-electron chi connectivity index (χ4n) is 3.72. The zero-order chi connectivity index (χ0) is 19.3. The molecule has 1 saturated carbocycles. The predicted octanol–water partition coefficient (Wildman–Crippen LogP) is 3.88. The second kappa shape index (κ2) is 8.46. The summed E-state index contributed by atoms with van der Waals surface area (Å²) in [7, 11) is 0. The van der Waals surface area contributed by atoms with Gasteiger partial charge in [-0.2, -0.15) is 4.98 Å². The van der Waals surface area contributed by atoms with E-state index in [1.165, 1.54) is 5.56 Å². The van der Waals surface area contributed by atoms with Crippen molar-refractivity contribution in [1.29, 1.82) is 0 Å². The van der Waals surface area contributed by atoms with Crippen molar-refractivity contribution in [2.45, 2.75) is 70.8 Å². The number of benzene rings is 1. The molecule has 0 atom stereocenters. The molecule has 0 spiro atoms. The van der Waals surface area contributed by atoms with Gasteiger partial charge in [-0.25, -0.2) is 0 Å². The van der Waals surface area contributed by atoms with Crippen molar-refractivity contribution in [3.63, 3.8) is 0 Å². The molecule has 2 aromatic rings. The number of rotatable bonds is 8. The van der Waals surface area contributed by atoms with Crippen LogP contribution in [0, 0.1) is 6.92 Å². The Morgan fingerprint density at radius 1 is 1.15 bits per heavy atom. The molecule has 6 heteroatoms. The number of ketones is 1. The van der Waals surface area contributed by atoms with Gasteiger partial charge in [0.2, 0.25) is 11.8 Å². The number of hydrogen-bond donors (Lipinski definition) is 1. The molecule has 0 saturated heterocycles. The monoisotopic (exact) mass is 369 g/mol. The molecule has 0 unspecified atom stereocenters. The van der Waals surface area contributed by atoms with Gasteiger partial charge in [0.05, 0.1) is 0 Å². The van der Waals surface area contributed by atoms with E-state index in [1.54, 1.807) is 6.92 Å². The van der Waals surface area contributed by atoms with Crippen molar-refractivity contribution in [3.8, 4) is 0 Å². The molecular formula is C21H27N3O3. The van der Waals surface area contributed by atoms with Crippen LogP contribution in [0.15, 0.2) is 28.8 Å². The Morgan fingerprint density at radius 3 is 2.44 bits per heavy atom. The fourth-order valence-corrected chi connectivity index (χ4v) is 3.72. The molecular weight excluding hydrogens is 342 g/mol. The van der Waals surface area contributed by atoms with E-state index < -0.39 is 5.54 Å². The molecule has 3 rings (SSSR count). The topological polar surface area (TPSA) is 85.1 Å². The maximum atomic E-state index is 12.5. The molecule has 1 aromatic heterocycles. The standard InChI is InChI=1S/C21H27N3O3/c1-3-6-16-7-9-17(10-8-16)18(25)11-12-19(26)23-21(13-4-5-14-21)20-22-15(2)27-24-20/h7-10H,3-6,11-14H2,1-2H3,(H,23,26). The van der Waals surface area contributed by atoms with Gasteiger partial charge < -0.3 is 9.84 Å². The molecule has 144 valence electrons. The quantitative estimate of drug-likeness (QED) is 0.714. The van der Waals surface area contributed by atoms with Crippen LogP contribution in [0.1, 0.15) is 79.5 Å². The van der Waals surface area contributed by atoms with Crippen LogP contribution in [0.5, 0.6) is 0 Å². The maximum absolute atomic E-state index is 12.5. The van der Waals surface area contributed by atoms with Crippen LogP contribution >= 0.6 is 0 Å². The second-order valence-corrected chi connectivity index (χ2v) is 7.34. The summed E-state index contributed by atoms with van der Waals surface area (Å²) < 4.78 is 5.10. The third-order valence-corrected chi connectivity index (χ3v) is 5.19. The number of aromatic nitrogens is 2. The van der Waals surface area contributed by atoms with Crippen molar-refractivity contribution in [2.75, 3.05) is 0 Å². The van der Waals surface area contributed by atoms with Crippen LogP contribution < -0.4 is 5.32 Å². The number of Topliss-reactive ketones (excluding diaryl/α,β-unsaturated/α-hetero) is 1. The first kappa shape index (κ1) is 19.3. The van der Waals surface area contributed by atoms with Crippen LogP contribution in [0.2, 0.25) is 0 Å². The van der Waals surface area contributed by atoms with Crippen molar-refractivity contribution in [3.05, 3.63) is 47.1 Å². The second-order valence-electron chi connectivity index (χ2n) is 7.34. The summed E-state index contributed by atoms with van der Waals surface area (Å²) in [5.74, 6) is 0.885. The van der Waals surface area contributed by atoms with Gasteiger partial charge >= 0.3 is 0 Å². The minimum atomic E-state index is -0.556. The molecule has 1 aliphatic rings. The number of carbonyl (C=O) groups excluding carboxylic acids is 2. The zero-order valence-electron chi connectivity index (χ0n) is 16.1. The minimum Gasteiger partial charge on any atom is -0.343 e. The lowest BCUT2D eigenvalue weighted by atomic mass is 9.95. The Hall–Kier alpha value is -2.50. The average Bonchev–Trinajstić information content (AvgIpc) is 3.30. The van der Waals surface area contributed by atoms with Gasteiger partial charge in [0.25, 0.3) is 0 Å². The van der Waals surface area contributed by atoms with E-state index in [-0.39, 0.29) is 24.5 Å². The molecule has 0 aliphatic heterocycles. The predicted molar refractivity (Wildman–Crippen MR) is 101 cm³/mol. The van der Waals surface area contributed by atoms with E-state index in [4.69, 9.17) is 4.52 Å². The summed E-state index contributed by atoms with van der Waals surface area (Å²) in [6.07, 6.45) is 6.06. The normalized spacial score (nSPS) is 15.6. The van der Waals surface area contributed by atoms with Crippen molar-refractivity contribution < 1.29 is 14.1 Å². The van der Waals surface area contributed by atoms with Gasteiger partial charge in [0.1, 0.15) is 5.54 Å². The van der Waals surface area contributed by atoms with E-state index in [1.807, 2.05) is 24.3 Å². The molecule has 1 N–H and O–H groups in total. The van der Waals surface area contributed by atoms with E-state index in [2.05, 4.69) is 22.4 Å². The Bertz CT molecular complexity index is 789. The van der Waals surface area contributed by atoms with E-state index >= 15 is 0 Å². The molecule has 1 amide bonds. The Morgan fingerprint density at radius 2 is 1.85 bits per heavy atom. The molecule has 6 nitrogen and oxygen atoms in total. The van der Waals surface area contributed by atoms with Crippen LogP contribution in [0.3, 0.4) is 0 Å². The average molecular weight is 369 g/mol. The van der Waals surface area contributed by atoms with Gasteiger partial charge in [0.15, 0.2) is 11.6 Å². The SMILES string of the molecule is CCCc1ccc(C(=O)CCC(=O)NC2(c3noc(C)n3)CCCC2)cc1. The van der Waals surface area contributed by atoms with E-state index in [0.29, 0.717) is 17.3 Å². The Labute approximate surface area is 159 Å². The van der Waals surface area contributed by atoms with Crippen LogP contribution in [0.4, 0.5) is 0 Å². The molecule has 1 fully saturated rings. The molecule has 1 aliphatic carbocycles. The van der Waals surface area contributed by atoms with Crippen molar-refractivity contribution in [2.24, 2.45) is 0 Å². The molecule has 0 bridgehead atoms. The van der Waals surface area contributed by atoms with Crippen molar-refractivity contribution >= 4 is 11.7 Å². The number of nitrogens with one attached hydrogen (secondary N) is 1. The van der Waals surface area contributed by atoms with Gasteiger partial charge in [-0.15, -0.1) is 0 Å². The first-order valence-corrected chi connectivity index (χ1v) is 9.76. The van der Waals surface area contributed by atoms with Gasteiger partial charge in [-0.05, 0) is 24.8 Å². The van der Waals surface area contributed by atoms with Crippen LogP contribution in [0.25, 0.3) is 0 Å². The van der Waals surface area contributed by atoms with Gasteiger partial charge in [-0.3, -0.25) is 9.59 Å². The highest BCUT2D eigenvalue weighted by Crippen LogP contribution is 2.37. The summed E-state index contributed by atoms with van der Waals surface area (Å²) >= 11 is 0. The minimum absolute atomic E-state index is 0.0101. The van der Waals surface area contributed by atoms with E-state index in [0.717, 1.165) is 38.5 Å². The zero-order valence-corrected chi connectivity index (χ0v) is 16.1. The highest BCUT2D eigenvalue weighted by Gasteiger charge is 2.41. The third kappa shape index (κ3) is 4.62. The maximum Gasteiger partial charge on any atom is 0.223 e. The van der Waals surface area contributed by atoms with Crippen LogP contribution in [-0.2, 0) is 16.8 Å². The lowest BCUT2D eigenvalue weighted by molar-refractivity contribution is -0.123. The molecule has 27 heavy (non-hydrogen) atoms. The number of hydrogen-bond acceptors (Lipinski definition) is 5. The molecule has 1 heterocycles. The largest absolute Gasteiger partial charge is 0.343 e. The number of carbonyl (C=O) groups is 2. The lowest BCUT2D eigenvalue weighted by Crippen LogP contribution is -2.44. The summed E-state index contributed by atoms with van der Waals surface area (Å²) in [6.45, 7) is 3.87. The van der Waals surface area contributed by atoms with Crippen molar-refractivity contribution in [1.82, 2.24) is 15.5 Å². The number of nitrogens with zero attached hydrogens (tertiary/aromatic N) is 2. The summed E-state index contributed by atoms with van der Waals surface area (Å²) in [4.78, 5) is 29.2. The van der Waals surface area contributed by atoms with Gasteiger partial charge in [0, 0.05) is 25.3 Å². The summed E-state index contributed by atoms with van der Waals surface area (Å²) in [5, 5.41) is 7.10. The third-order valence-electron chi connectivity index (χ3n) is 5.19. The number of aryl methyl sites for hydroxylation is 2. The summed E-state index contributed by atoms with van der Waals surface area (Å²) in [5.41, 5.74) is 1.33. The Kier molecular flexibility index (Phi) is 6.04. The summed E-state index contributed by atoms with van der Waals surface area (Å²) in [6, 6.07) is 7.68. The Balaban J connectivity index is 1.57. The smallest absolute Gasteiger partial charge is 0.223 e. The lowest BCUT2D eigenvalue weighted by Gasteiger charge is -2.26. The van der Waals surface area contributed by atoms with Crippen LogP contribution in [-0.4, -0.2) is 21.8 Å². The first-order chi connectivity index (χ1) is 13.0. The highest BCUT2D eigenvalue weighted by atomic mass is 16.5. The number of amides is 1. The fraction of sp³-hybridized carbons (Fsp3) is 0.524. The van der Waals surface area contributed by atoms with Gasteiger partial charge in [-0.1, -0.05) is 55.6 Å². The van der Waals surface area contributed by atoms with E-state index in [9.17, 15) is 9.59 Å².